The van der Waals surface area contributed by atoms with Crippen molar-refractivity contribution in [2.45, 2.75) is 50.2 Å². The molecular formula is C17H24N4O4S. The lowest BCUT2D eigenvalue weighted by Crippen LogP contribution is -2.52. The number of hydrogen-bond donors (Lipinski definition) is 0. The van der Waals surface area contributed by atoms with Crippen LogP contribution >= 0.6 is 0 Å². The van der Waals surface area contributed by atoms with E-state index in [9.17, 15) is 8.42 Å². The van der Waals surface area contributed by atoms with Gasteiger partial charge in [0.25, 0.3) is 15.9 Å². The number of rotatable bonds is 4. The highest BCUT2D eigenvalue weighted by molar-refractivity contribution is 7.89. The quantitative estimate of drug-likeness (QED) is 0.803. The minimum Gasteiger partial charge on any atom is -0.451 e. The SMILES string of the molecule is Cc1nnc(-c2coc(S(=O)(=O)N3CCN(C4CCCCC4)CC3)c2)o1. The zero-order valence-electron chi connectivity index (χ0n) is 14.9. The molecule has 8 nitrogen and oxygen atoms in total. The molecule has 0 spiro atoms. The van der Waals surface area contributed by atoms with E-state index in [1.807, 2.05) is 0 Å². The van der Waals surface area contributed by atoms with Crippen LogP contribution in [-0.2, 0) is 10.0 Å². The molecular weight excluding hydrogens is 356 g/mol. The van der Waals surface area contributed by atoms with Gasteiger partial charge < -0.3 is 8.83 Å². The molecule has 1 aliphatic heterocycles. The smallest absolute Gasteiger partial charge is 0.276 e. The Bertz CT molecular complexity index is 846. The van der Waals surface area contributed by atoms with Gasteiger partial charge in [-0.05, 0) is 12.8 Å². The third-order valence-electron chi connectivity index (χ3n) is 5.31. The lowest BCUT2D eigenvalue weighted by molar-refractivity contribution is 0.110. The second kappa shape index (κ2) is 7.13. The topological polar surface area (TPSA) is 92.7 Å². The Morgan fingerprint density at radius 2 is 1.81 bits per heavy atom. The molecule has 1 saturated carbocycles. The minimum absolute atomic E-state index is 0.0746. The molecule has 2 aliphatic rings. The van der Waals surface area contributed by atoms with E-state index in [2.05, 4.69) is 15.1 Å². The van der Waals surface area contributed by atoms with Crippen molar-refractivity contribution in [2.75, 3.05) is 26.2 Å². The van der Waals surface area contributed by atoms with Gasteiger partial charge in [0.2, 0.25) is 11.0 Å². The van der Waals surface area contributed by atoms with E-state index in [0.717, 1.165) is 13.1 Å². The second-order valence-electron chi connectivity index (χ2n) is 7.01. The lowest BCUT2D eigenvalue weighted by Gasteiger charge is -2.39. The van der Waals surface area contributed by atoms with Crippen LogP contribution in [0.5, 0.6) is 0 Å². The van der Waals surface area contributed by atoms with E-state index in [1.165, 1.54) is 48.7 Å². The number of aryl methyl sites for hydroxylation is 1. The molecule has 1 saturated heterocycles. The van der Waals surface area contributed by atoms with Crippen molar-refractivity contribution >= 4 is 10.0 Å². The number of piperazine rings is 1. The molecule has 142 valence electrons. The largest absolute Gasteiger partial charge is 0.451 e. The summed E-state index contributed by atoms with van der Waals surface area (Å²) in [6, 6.07) is 2.07. The molecule has 0 bridgehead atoms. The highest BCUT2D eigenvalue weighted by Crippen LogP contribution is 2.28. The van der Waals surface area contributed by atoms with E-state index in [-0.39, 0.29) is 11.0 Å². The lowest BCUT2D eigenvalue weighted by atomic mass is 9.94. The Labute approximate surface area is 153 Å². The molecule has 2 aromatic rings. The molecule has 26 heavy (non-hydrogen) atoms. The van der Waals surface area contributed by atoms with Gasteiger partial charge in [-0.3, -0.25) is 4.90 Å². The van der Waals surface area contributed by atoms with Crippen molar-refractivity contribution in [3.63, 3.8) is 0 Å². The second-order valence-corrected chi connectivity index (χ2v) is 8.88. The third-order valence-corrected chi connectivity index (χ3v) is 7.07. The van der Waals surface area contributed by atoms with E-state index >= 15 is 0 Å². The maximum atomic E-state index is 12.9. The zero-order chi connectivity index (χ0) is 18.1. The van der Waals surface area contributed by atoms with E-state index in [4.69, 9.17) is 8.83 Å². The van der Waals surface area contributed by atoms with Gasteiger partial charge in [0.05, 0.1) is 5.56 Å². The van der Waals surface area contributed by atoms with Crippen molar-refractivity contribution in [2.24, 2.45) is 0 Å². The fourth-order valence-electron chi connectivity index (χ4n) is 3.86. The molecule has 0 unspecified atom stereocenters. The highest BCUT2D eigenvalue weighted by atomic mass is 32.2. The summed E-state index contributed by atoms with van der Waals surface area (Å²) < 4.78 is 37.9. The maximum absolute atomic E-state index is 12.9. The van der Waals surface area contributed by atoms with Crippen LogP contribution in [0.3, 0.4) is 0 Å². The summed E-state index contributed by atoms with van der Waals surface area (Å²) in [5.74, 6) is 0.680. The van der Waals surface area contributed by atoms with E-state index < -0.39 is 10.0 Å². The molecule has 0 amide bonds. The first-order chi connectivity index (χ1) is 12.5. The monoisotopic (exact) mass is 380 g/mol. The highest BCUT2D eigenvalue weighted by Gasteiger charge is 2.33. The average Bonchev–Trinajstić information content (AvgIpc) is 3.32. The predicted octanol–water partition coefficient (Wildman–Crippen LogP) is 2.28. The van der Waals surface area contributed by atoms with E-state index in [0.29, 0.717) is 30.6 Å². The van der Waals surface area contributed by atoms with Gasteiger partial charge in [0.1, 0.15) is 6.26 Å². The number of nitrogens with zero attached hydrogens (tertiary/aromatic N) is 4. The average molecular weight is 380 g/mol. The Morgan fingerprint density at radius 1 is 1.08 bits per heavy atom. The summed E-state index contributed by atoms with van der Waals surface area (Å²) in [5.41, 5.74) is 0.477. The van der Waals surface area contributed by atoms with Gasteiger partial charge in [-0.2, -0.15) is 4.31 Å². The van der Waals surface area contributed by atoms with Crippen molar-refractivity contribution in [3.8, 4) is 11.5 Å². The summed E-state index contributed by atoms with van der Waals surface area (Å²) in [5, 5.41) is 7.57. The normalized spacial score (nSPS) is 21.3. The van der Waals surface area contributed by atoms with Crippen LogP contribution in [0.1, 0.15) is 38.0 Å². The fraction of sp³-hybridized carbons (Fsp3) is 0.647. The summed E-state index contributed by atoms with van der Waals surface area (Å²) in [7, 11) is -3.65. The fourth-order valence-corrected chi connectivity index (χ4v) is 5.20. The van der Waals surface area contributed by atoms with Crippen LogP contribution in [0.15, 0.2) is 26.3 Å². The number of sulfonamides is 1. The number of aromatic nitrogens is 2. The molecule has 3 heterocycles. The standard InChI is InChI=1S/C17H24N4O4S/c1-13-18-19-17(25-13)14-11-16(24-12-14)26(22,23)21-9-7-20(8-10-21)15-5-3-2-4-6-15/h11-12,15H,2-10H2,1H3. The molecule has 2 fully saturated rings. The molecule has 0 radical (unpaired) electrons. The molecule has 1 aliphatic carbocycles. The van der Waals surface area contributed by atoms with Gasteiger partial charge in [-0.25, -0.2) is 8.42 Å². The van der Waals surface area contributed by atoms with Crippen LogP contribution in [0.25, 0.3) is 11.5 Å². The zero-order valence-corrected chi connectivity index (χ0v) is 15.7. The van der Waals surface area contributed by atoms with Gasteiger partial charge in [0, 0.05) is 45.2 Å². The Morgan fingerprint density at radius 3 is 2.46 bits per heavy atom. The van der Waals surface area contributed by atoms with Crippen LogP contribution in [0.2, 0.25) is 0 Å². The first-order valence-electron chi connectivity index (χ1n) is 9.17. The van der Waals surface area contributed by atoms with Crippen LogP contribution in [0, 0.1) is 6.92 Å². The first-order valence-corrected chi connectivity index (χ1v) is 10.6. The van der Waals surface area contributed by atoms with Crippen molar-refractivity contribution < 1.29 is 17.3 Å². The van der Waals surface area contributed by atoms with Crippen LogP contribution in [-0.4, -0.2) is 60.0 Å². The van der Waals surface area contributed by atoms with Crippen molar-refractivity contribution in [3.05, 3.63) is 18.2 Å². The summed E-state index contributed by atoms with van der Waals surface area (Å²) in [6.45, 7) is 4.23. The Hall–Kier alpha value is -1.71. The van der Waals surface area contributed by atoms with Gasteiger partial charge in [0.15, 0.2) is 0 Å². The minimum atomic E-state index is -3.65. The third kappa shape index (κ3) is 3.43. The first kappa shape index (κ1) is 17.7. The number of furan rings is 1. The molecule has 0 aromatic carbocycles. The molecule has 2 aromatic heterocycles. The molecule has 0 N–H and O–H groups in total. The molecule has 0 atom stereocenters. The Balaban J connectivity index is 1.43. The number of hydrogen-bond acceptors (Lipinski definition) is 7. The van der Waals surface area contributed by atoms with Gasteiger partial charge >= 0.3 is 0 Å². The summed E-state index contributed by atoms with van der Waals surface area (Å²) in [6.07, 6.45) is 7.71. The van der Waals surface area contributed by atoms with Crippen molar-refractivity contribution in [1.82, 2.24) is 19.4 Å². The maximum Gasteiger partial charge on any atom is 0.276 e. The summed E-state index contributed by atoms with van der Waals surface area (Å²) in [4.78, 5) is 2.44. The van der Waals surface area contributed by atoms with Gasteiger partial charge in [-0.15, -0.1) is 10.2 Å². The van der Waals surface area contributed by atoms with Gasteiger partial charge in [-0.1, -0.05) is 19.3 Å². The Kier molecular flexibility index (Phi) is 4.85. The summed E-state index contributed by atoms with van der Waals surface area (Å²) >= 11 is 0. The molecule has 4 rings (SSSR count). The molecule has 9 heteroatoms. The van der Waals surface area contributed by atoms with Crippen molar-refractivity contribution in [1.29, 1.82) is 0 Å². The van der Waals surface area contributed by atoms with Crippen LogP contribution in [0.4, 0.5) is 0 Å². The van der Waals surface area contributed by atoms with E-state index in [1.54, 1.807) is 6.92 Å². The van der Waals surface area contributed by atoms with Crippen LogP contribution < -0.4 is 0 Å². The predicted molar refractivity (Wildman–Crippen MR) is 93.9 cm³/mol.